The maximum Gasteiger partial charge on any atom is 0.242 e. The molecule has 1 aliphatic carbocycles. The fourth-order valence-electron chi connectivity index (χ4n) is 3.40. The highest BCUT2D eigenvalue weighted by Crippen LogP contribution is 2.21. The topological polar surface area (TPSA) is 67.4 Å². The summed E-state index contributed by atoms with van der Waals surface area (Å²) in [5.41, 5.74) is 2.19. The van der Waals surface area contributed by atoms with Crippen molar-refractivity contribution in [2.75, 3.05) is 0 Å². The van der Waals surface area contributed by atoms with Crippen LogP contribution in [0.2, 0.25) is 0 Å². The summed E-state index contributed by atoms with van der Waals surface area (Å²) in [4.78, 5) is 23.2. The van der Waals surface area contributed by atoms with Crippen molar-refractivity contribution in [3.05, 3.63) is 35.4 Å². The van der Waals surface area contributed by atoms with Gasteiger partial charge in [-0.25, -0.2) is 0 Å². The average Bonchev–Trinajstić information content (AvgIpc) is 3.06. The Morgan fingerprint density at radius 1 is 1.17 bits per heavy atom. The number of hydrogen-bond donors (Lipinski definition) is 2. The number of rotatable bonds is 6. The molecule has 0 unspecified atom stereocenters. The number of carbonyl (C=O) groups excluding carboxylic acids is 2. The first-order valence-corrected chi connectivity index (χ1v) is 8.97. The average molecular weight is 330 g/mol. The third-order valence-electron chi connectivity index (χ3n) is 4.81. The van der Waals surface area contributed by atoms with Crippen molar-refractivity contribution in [3.8, 4) is 0 Å². The first-order valence-electron chi connectivity index (χ1n) is 8.97. The lowest BCUT2D eigenvalue weighted by Gasteiger charge is -2.22. The highest BCUT2D eigenvalue weighted by molar-refractivity contribution is 5.90. The van der Waals surface area contributed by atoms with E-state index in [1.807, 2.05) is 12.1 Å². The summed E-state index contributed by atoms with van der Waals surface area (Å²) in [6, 6.07) is 7.76. The van der Waals surface area contributed by atoms with Crippen molar-refractivity contribution in [1.29, 1.82) is 0 Å². The summed E-state index contributed by atoms with van der Waals surface area (Å²) in [6.45, 7) is 1.10. The van der Waals surface area contributed by atoms with E-state index >= 15 is 0 Å². The molecule has 1 heterocycles. The molecule has 2 amide bonds. The van der Waals surface area contributed by atoms with E-state index in [2.05, 4.69) is 22.8 Å². The quantitative estimate of drug-likeness (QED) is 0.842. The molecule has 24 heavy (non-hydrogen) atoms. The van der Waals surface area contributed by atoms with Crippen LogP contribution in [-0.2, 0) is 27.5 Å². The van der Waals surface area contributed by atoms with E-state index in [1.54, 1.807) is 0 Å². The summed E-state index contributed by atoms with van der Waals surface area (Å²) in [7, 11) is 0. The van der Waals surface area contributed by atoms with Gasteiger partial charge in [-0.05, 0) is 30.4 Å². The monoisotopic (exact) mass is 330 g/mol. The molecule has 1 saturated carbocycles. The van der Waals surface area contributed by atoms with Gasteiger partial charge in [0.2, 0.25) is 11.8 Å². The van der Waals surface area contributed by atoms with Crippen molar-refractivity contribution in [2.45, 2.75) is 70.2 Å². The fourth-order valence-corrected chi connectivity index (χ4v) is 3.40. The zero-order valence-corrected chi connectivity index (χ0v) is 14.1. The van der Waals surface area contributed by atoms with Crippen molar-refractivity contribution in [1.82, 2.24) is 10.6 Å². The number of nitrogens with one attached hydrogen (secondary N) is 2. The predicted octanol–water partition coefficient (Wildman–Crippen LogP) is 2.43. The lowest BCUT2D eigenvalue weighted by atomic mass is 9.98. The van der Waals surface area contributed by atoms with Crippen LogP contribution in [0.4, 0.5) is 0 Å². The number of hydrogen-bond acceptors (Lipinski definition) is 3. The van der Waals surface area contributed by atoms with Crippen LogP contribution in [0.25, 0.3) is 0 Å². The summed E-state index contributed by atoms with van der Waals surface area (Å²) in [5, 5.41) is 5.59. The molecule has 1 aromatic carbocycles. The first-order chi connectivity index (χ1) is 11.7. The third kappa shape index (κ3) is 4.81. The van der Waals surface area contributed by atoms with Crippen LogP contribution in [0.3, 0.4) is 0 Å². The number of amides is 2. The van der Waals surface area contributed by atoms with E-state index in [4.69, 9.17) is 4.74 Å². The van der Waals surface area contributed by atoms with Crippen LogP contribution < -0.4 is 10.6 Å². The van der Waals surface area contributed by atoms with E-state index < -0.39 is 0 Å². The fraction of sp³-hybridized carbons (Fsp3) is 0.579. The van der Waals surface area contributed by atoms with Crippen LogP contribution >= 0.6 is 0 Å². The van der Waals surface area contributed by atoms with Crippen LogP contribution in [0.1, 0.15) is 56.1 Å². The van der Waals surface area contributed by atoms with Gasteiger partial charge in [-0.2, -0.15) is 0 Å². The van der Waals surface area contributed by atoms with Gasteiger partial charge < -0.3 is 15.4 Å². The Labute approximate surface area is 143 Å². The number of carbonyl (C=O) groups is 2. The Bertz CT molecular complexity index is 582. The smallest absolute Gasteiger partial charge is 0.242 e. The minimum atomic E-state index is -0.379. The molecule has 1 aliphatic heterocycles. The molecule has 0 bridgehead atoms. The molecular weight excluding hydrogens is 304 g/mol. The lowest BCUT2D eigenvalue weighted by Crippen LogP contribution is -2.41. The van der Waals surface area contributed by atoms with Crippen LogP contribution in [0, 0.1) is 0 Å². The minimum Gasteiger partial charge on any atom is -0.374 e. The zero-order chi connectivity index (χ0) is 16.8. The molecule has 0 radical (unpaired) electrons. The summed E-state index contributed by atoms with van der Waals surface area (Å²) in [6.07, 6.45) is 7.63. The second kappa shape index (κ2) is 8.29. The highest BCUT2D eigenvalue weighted by atomic mass is 16.5. The third-order valence-corrected chi connectivity index (χ3v) is 4.81. The van der Waals surface area contributed by atoms with E-state index in [1.165, 1.54) is 32.1 Å². The number of benzene rings is 1. The maximum atomic E-state index is 12.0. The van der Waals surface area contributed by atoms with Gasteiger partial charge in [0.1, 0.15) is 6.04 Å². The number of ether oxygens (including phenoxy) is 1. The molecule has 5 heteroatoms. The summed E-state index contributed by atoms with van der Waals surface area (Å²) in [5.74, 6) is -0.151. The lowest BCUT2D eigenvalue weighted by molar-refractivity contribution is -0.125. The van der Waals surface area contributed by atoms with E-state index in [-0.39, 0.29) is 17.9 Å². The predicted molar refractivity (Wildman–Crippen MR) is 91.1 cm³/mol. The van der Waals surface area contributed by atoms with Gasteiger partial charge in [-0.3, -0.25) is 9.59 Å². The van der Waals surface area contributed by atoms with E-state index in [0.29, 0.717) is 32.1 Å². The van der Waals surface area contributed by atoms with Crippen LogP contribution in [0.5, 0.6) is 0 Å². The molecule has 3 rings (SSSR count). The van der Waals surface area contributed by atoms with Gasteiger partial charge in [0.05, 0.1) is 12.7 Å². The van der Waals surface area contributed by atoms with Gasteiger partial charge in [0, 0.05) is 13.0 Å². The van der Waals surface area contributed by atoms with Crippen LogP contribution in [-0.4, -0.2) is 24.0 Å². The molecule has 0 spiro atoms. The summed E-state index contributed by atoms with van der Waals surface area (Å²) < 4.78 is 6.01. The summed E-state index contributed by atoms with van der Waals surface area (Å²) >= 11 is 0. The van der Waals surface area contributed by atoms with Gasteiger partial charge in [0.15, 0.2) is 0 Å². The minimum absolute atomic E-state index is 0.0444. The Kier molecular flexibility index (Phi) is 5.86. The van der Waals surface area contributed by atoms with Crippen molar-refractivity contribution in [2.24, 2.45) is 0 Å². The maximum absolute atomic E-state index is 12.0. The highest BCUT2D eigenvalue weighted by Gasteiger charge is 2.26. The molecule has 5 nitrogen and oxygen atoms in total. The standard InChI is InChI=1S/C19H26N2O3/c22-18-10-9-17(21-18)19(23)20-12-14-5-4-6-15(11-14)13-24-16-7-2-1-3-8-16/h4-6,11,16-17H,1-3,7-10,12-13H2,(H,20,23)(H,21,22)/t17-/m1/s1. The largest absolute Gasteiger partial charge is 0.374 e. The zero-order valence-electron chi connectivity index (χ0n) is 14.1. The van der Waals surface area contributed by atoms with Gasteiger partial charge >= 0.3 is 0 Å². The van der Waals surface area contributed by atoms with E-state index in [0.717, 1.165) is 11.1 Å². The molecule has 1 atom stereocenters. The molecule has 2 N–H and O–H groups in total. The Balaban J connectivity index is 1.46. The molecule has 2 fully saturated rings. The van der Waals surface area contributed by atoms with Crippen molar-refractivity contribution in [3.63, 3.8) is 0 Å². The van der Waals surface area contributed by atoms with Crippen molar-refractivity contribution >= 4 is 11.8 Å². The molecule has 130 valence electrons. The first kappa shape index (κ1) is 17.0. The van der Waals surface area contributed by atoms with Crippen molar-refractivity contribution < 1.29 is 14.3 Å². The molecule has 1 aromatic rings. The SMILES string of the molecule is O=C1CC[C@H](C(=O)NCc2cccc(COC3CCCCC3)c2)N1. The van der Waals surface area contributed by atoms with E-state index in [9.17, 15) is 9.59 Å². The van der Waals surface area contributed by atoms with Gasteiger partial charge in [-0.1, -0.05) is 43.5 Å². The Hall–Kier alpha value is -1.88. The molecule has 0 aromatic heterocycles. The normalized spacial score (nSPS) is 21.5. The Morgan fingerprint density at radius 2 is 1.96 bits per heavy atom. The Morgan fingerprint density at radius 3 is 2.71 bits per heavy atom. The van der Waals surface area contributed by atoms with Crippen LogP contribution in [0.15, 0.2) is 24.3 Å². The molecule has 1 saturated heterocycles. The second-order valence-corrected chi connectivity index (χ2v) is 6.77. The molecule has 2 aliphatic rings. The van der Waals surface area contributed by atoms with Gasteiger partial charge in [0.25, 0.3) is 0 Å². The second-order valence-electron chi connectivity index (χ2n) is 6.77. The molecular formula is C19H26N2O3. The van der Waals surface area contributed by atoms with Gasteiger partial charge in [-0.15, -0.1) is 0 Å².